The summed E-state index contributed by atoms with van der Waals surface area (Å²) in [5.74, 6) is -0.729. The van der Waals surface area contributed by atoms with Crippen LogP contribution in [0, 0.1) is 26.6 Å². The van der Waals surface area contributed by atoms with Crippen LogP contribution in [-0.4, -0.2) is 54.7 Å². The molecule has 1 aromatic heterocycles. The summed E-state index contributed by atoms with van der Waals surface area (Å²) in [5, 5.41) is 7.15. The Bertz CT molecular complexity index is 1310. The first kappa shape index (κ1) is 24.1. The lowest BCUT2D eigenvalue weighted by Crippen LogP contribution is -2.41. The second-order valence-electron chi connectivity index (χ2n) is 8.29. The maximum absolute atomic E-state index is 13.7. The zero-order valence-electron chi connectivity index (χ0n) is 19.3. The van der Waals surface area contributed by atoms with Crippen LogP contribution in [0.1, 0.15) is 32.9 Å². The third kappa shape index (κ3) is 4.89. The summed E-state index contributed by atoms with van der Waals surface area (Å²) in [7, 11) is -3.66. The van der Waals surface area contributed by atoms with Gasteiger partial charge in [0.2, 0.25) is 10.0 Å². The number of hydrogen-bond acceptors (Lipinski definition) is 5. The van der Waals surface area contributed by atoms with Gasteiger partial charge in [0, 0.05) is 24.3 Å². The van der Waals surface area contributed by atoms with E-state index in [4.69, 9.17) is 4.74 Å². The molecule has 0 aliphatic carbocycles. The van der Waals surface area contributed by atoms with Gasteiger partial charge < -0.3 is 10.1 Å². The van der Waals surface area contributed by atoms with Crippen molar-refractivity contribution in [3.05, 3.63) is 76.4 Å². The largest absolute Gasteiger partial charge is 0.379 e. The van der Waals surface area contributed by atoms with Crippen molar-refractivity contribution >= 4 is 21.6 Å². The molecule has 1 N–H and O–H groups in total. The molecule has 34 heavy (non-hydrogen) atoms. The van der Waals surface area contributed by atoms with Crippen LogP contribution in [-0.2, 0) is 21.3 Å². The molecule has 0 spiro atoms. The predicted molar refractivity (Wildman–Crippen MR) is 126 cm³/mol. The van der Waals surface area contributed by atoms with Gasteiger partial charge in [-0.2, -0.15) is 9.40 Å². The highest BCUT2D eigenvalue weighted by atomic mass is 32.2. The molecule has 2 aromatic carbocycles. The number of ether oxygens (including phenoxy) is 1. The number of hydrogen-bond donors (Lipinski definition) is 1. The van der Waals surface area contributed by atoms with Gasteiger partial charge in [0.05, 0.1) is 31.1 Å². The number of aryl methyl sites for hydroxylation is 2. The molecule has 8 nitrogen and oxygen atoms in total. The number of amides is 1. The van der Waals surface area contributed by atoms with E-state index in [9.17, 15) is 17.6 Å². The second-order valence-corrected chi connectivity index (χ2v) is 10.2. The molecule has 1 aliphatic rings. The van der Waals surface area contributed by atoms with Gasteiger partial charge in [-0.1, -0.05) is 18.2 Å². The third-order valence-electron chi connectivity index (χ3n) is 5.86. The molecule has 180 valence electrons. The third-order valence-corrected chi connectivity index (χ3v) is 8.01. The Balaban J connectivity index is 1.49. The maximum atomic E-state index is 13.7. The summed E-state index contributed by atoms with van der Waals surface area (Å²) in [6.45, 7) is 6.86. The Kier molecular flexibility index (Phi) is 6.83. The fourth-order valence-corrected chi connectivity index (χ4v) is 5.71. The van der Waals surface area contributed by atoms with Crippen LogP contribution in [0.25, 0.3) is 0 Å². The highest BCUT2D eigenvalue weighted by molar-refractivity contribution is 7.89. The van der Waals surface area contributed by atoms with Crippen LogP contribution in [0.3, 0.4) is 0 Å². The summed E-state index contributed by atoms with van der Waals surface area (Å²) in [6.07, 6.45) is 0. The molecule has 10 heteroatoms. The van der Waals surface area contributed by atoms with Gasteiger partial charge in [0.1, 0.15) is 10.7 Å². The zero-order chi connectivity index (χ0) is 24.5. The van der Waals surface area contributed by atoms with E-state index in [2.05, 4.69) is 10.4 Å². The molecule has 1 aliphatic heterocycles. The number of sulfonamides is 1. The van der Waals surface area contributed by atoms with E-state index in [1.165, 1.54) is 10.4 Å². The molecule has 4 rings (SSSR count). The molecule has 1 amide bonds. The average Bonchev–Trinajstić information content (AvgIpc) is 3.10. The van der Waals surface area contributed by atoms with Gasteiger partial charge in [0.15, 0.2) is 0 Å². The van der Waals surface area contributed by atoms with Gasteiger partial charge in [0.25, 0.3) is 5.91 Å². The van der Waals surface area contributed by atoms with Crippen LogP contribution in [0.15, 0.2) is 47.4 Å². The van der Waals surface area contributed by atoms with Crippen LogP contribution in [0.4, 0.5) is 10.1 Å². The SMILES string of the molecule is Cc1ccc(NC(=O)c2ccc(Cn3nc(C)c(S(=O)(=O)N4CCOCC4)c3C)cc2)cc1F. The van der Waals surface area contributed by atoms with E-state index in [1.807, 2.05) is 0 Å². The van der Waals surface area contributed by atoms with E-state index in [0.717, 1.165) is 5.56 Å². The highest BCUT2D eigenvalue weighted by Crippen LogP contribution is 2.25. The van der Waals surface area contributed by atoms with Crippen molar-refractivity contribution < 1.29 is 22.3 Å². The van der Waals surface area contributed by atoms with E-state index in [1.54, 1.807) is 61.9 Å². The smallest absolute Gasteiger partial charge is 0.255 e. The fourth-order valence-electron chi connectivity index (χ4n) is 3.93. The van der Waals surface area contributed by atoms with Crippen molar-refractivity contribution in [1.82, 2.24) is 14.1 Å². The number of nitrogens with one attached hydrogen (secondary N) is 1. The lowest BCUT2D eigenvalue weighted by Gasteiger charge is -2.26. The first-order chi connectivity index (χ1) is 16.2. The first-order valence-corrected chi connectivity index (χ1v) is 12.4. The number of benzene rings is 2. The number of carbonyl (C=O) groups excluding carboxylic acids is 1. The monoisotopic (exact) mass is 486 g/mol. The number of carbonyl (C=O) groups is 1. The highest BCUT2D eigenvalue weighted by Gasteiger charge is 2.32. The molecular weight excluding hydrogens is 459 g/mol. The van der Waals surface area contributed by atoms with Gasteiger partial charge in [-0.3, -0.25) is 9.48 Å². The molecule has 1 saturated heterocycles. The van der Waals surface area contributed by atoms with Crippen LogP contribution >= 0.6 is 0 Å². The molecular formula is C24H27FN4O4S. The standard InChI is InChI=1S/C24H27FN4O4S/c1-16-4-9-21(14-22(16)25)26-24(30)20-7-5-19(6-8-20)15-29-18(3)23(17(2)27-29)34(31,32)28-10-12-33-13-11-28/h4-9,14H,10-13,15H2,1-3H3,(H,26,30). The molecule has 2 heterocycles. The molecule has 0 bridgehead atoms. The summed E-state index contributed by atoms with van der Waals surface area (Å²) < 4.78 is 48.4. The number of morpholine rings is 1. The molecule has 0 saturated carbocycles. The van der Waals surface area contributed by atoms with Crippen LogP contribution in [0.2, 0.25) is 0 Å². The van der Waals surface area contributed by atoms with Crippen molar-refractivity contribution in [3.63, 3.8) is 0 Å². The first-order valence-electron chi connectivity index (χ1n) is 10.9. The van der Waals surface area contributed by atoms with E-state index >= 15 is 0 Å². The molecule has 3 aromatic rings. The van der Waals surface area contributed by atoms with Crippen molar-refractivity contribution in [1.29, 1.82) is 0 Å². The van der Waals surface area contributed by atoms with Crippen LogP contribution in [0.5, 0.6) is 0 Å². The number of aromatic nitrogens is 2. The van der Waals surface area contributed by atoms with Crippen LogP contribution < -0.4 is 5.32 Å². The molecule has 1 fully saturated rings. The van der Waals surface area contributed by atoms with Gasteiger partial charge in [-0.05, 0) is 56.2 Å². The number of halogens is 1. The quantitative estimate of drug-likeness (QED) is 0.577. The Morgan fingerprint density at radius 3 is 2.41 bits per heavy atom. The van der Waals surface area contributed by atoms with Crippen molar-refractivity contribution in [2.45, 2.75) is 32.2 Å². The normalized spacial score (nSPS) is 14.8. The topological polar surface area (TPSA) is 93.5 Å². The summed E-state index contributed by atoms with van der Waals surface area (Å²) in [6, 6.07) is 11.5. The molecule has 0 atom stereocenters. The van der Waals surface area contributed by atoms with Gasteiger partial charge >= 0.3 is 0 Å². The van der Waals surface area contributed by atoms with Gasteiger partial charge in [-0.15, -0.1) is 0 Å². The number of nitrogens with zero attached hydrogens (tertiary/aromatic N) is 3. The van der Waals surface area contributed by atoms with E-state index in [0.29, 0.717) is 61.1 Å². The summed E-state index contributed by atoms with van der Waals surface area (Å²) >= 11 is 0. The fraction of sp³-hybridized carbons (Fsp3) is 0.333. The minimum Gasteiger partial charge on any atom is -0.379 e. The van der Waals surface area contributed by atoms with E-state index in [-0.39, 0.29) is 16.6 Å². The lowest BCUT2D eigenvalue weighted by atomic mass is 10.1. The number of rotatable bonds is 6. The van der Waals surface area contributed by atoms with Crippen molar-refractivity contribution in [2.24, 2.45) is 0 Å². The Labute approximate surface area is 198 Å². The summed E-state index contributed by atoms with van der Waals surface area (Å²) in [4.78, 5) is 12.7. The summed E-state index contributed by atoms with van der Waals surface area (Å²) in [5.41, 5.74) is 3.19. The minimum atomic E-state index is -3.66. The average molecular weight is 487 g/mol. The minimum absolute atomic E-state index is 0.232. The number of anilines is 1. The Morgan fingerprint density at radius 2 is 1.76 bits per heavy atom. The molecule has 0 radical (unpaired) electrons. The Morgan fingerprint density at radius 1 is 1.09 bits per heavy atom. The lowest BCUT2D eigenvalue weighted by molar-refractivity contribution is 0.0730. The second kappa shape index (κ2) is 9.65. The van der Waals surface area contributed by atoms with Crippen molar-refractivity contribution in [3.8, 4) is 0 Å². The maximum Gasteiger partial charge on any atom is 0.255 e. The van der Waals surface area contributed by atoms with Gasteiger partial charge in [-0.25, -0.2) is 12.8 Å². The zero-order valence-corrected chi connectivity index (χ0v) is 20.2. The van der Waals surface area contributed by atoms with Crippen molar-refractivity contribution in [2.75, 3.05) is 31.6 Å². The van der Waals surface area contributed by atoms with E-state index < -0.39 is 10.0 Å². The predicted octanol–water partition coefficient (Wildman–Crippen LogP) is 3.27. The molecule has 0 unspecified atom stereocenters. The Hall–Kier alpha value is -3.08.